The molecule has 7 nitrogen and oxygen atoms in total. The van der Waals surface area contributed by atoms with E-state index in [1.165, 1.54) is 11.3 Å². The van der Waals surface area contributed by atoms with Crippen LogP contribution in [0.3, 0.4) is 0 Å². The molecule has 0 saturated heterocycles. The van der Waals surface area contributed by atoms with Crippen LogP contribution in [0.1, 0.15) is 41.6 Å². The summed E-state index contributed by atoms with van der Waals surface area (Å²) in [5.41, 5.74) is 2.32. The molecule has 2 aromatic heterocycles. The number of amides is 2. The summed E-state index contributed by atoms with van der Waals surface area (Å²) in [6, 6.07) is 15.8. The fourth-order valence-electron chi connectivity index (χ4n) is 3.66. The monoisotopic (exact) mass is 465 g/mol. The third-order valence-electron chi connectivity index (χ3n) is 5.29. The minimum atomic E-state index is -0.605. The van der Waals surface area contributed by atoms with Crippen LogP contribution in [0.5, 0.6) is 0 Å². The van der Waals surface area contributed by atoms with Crippen molar-refractivity contribution in [2.75, 3.05) is 6.73 Å². The number of aromatic nitrogens is 2. The third kappa shape index (κ3) is 3.37. The standard InChI is InChI=1S/C23H16ClN3O4S/c1-13-17-10-19(32-22(17)27(25-13)11-14-6-2-5-9-18(14)24)23(30)31-12-26-20(28)15-7-3-4-8-16(15)21(26)29/h2-10H,11-12H2,1H3. The van der Waals surface area contributed by atoms with Gasteiger partial charge in [-0.25, -0.2) is 9.69 Å². The van der Waals surface area contributed by atoms with Crippen LogP contribution >= 0.6 is 22.9 Å². The Morgan fingerprint density at radius 2 is 1.72 bits per heavy atom. The van der Waals surface area contributed by atoms with E-state index in [2.05, 4.69) is 5.10 Å². The van der Waals surface area contributed by atoms with Crippen LogP contribution in [0.2, 0.25) is 5.02 Å². The van der Waals surface area contributed by atoms with E-state index in [4.69, 9.17) is 16.3 Å². The highest BCUT2D eigenvalue weighted by atomic mass is 35.5. The number of nitrogens with zero attached hydrogens (tertiary/aromatic N) is 3. The molecule has 9 heteroatoms. The Balaban J connectivity index is 1.34. The van der Waals surface area contributed by atoms with Gasteiger partial charge in [0.05, 0.1) is 23.4 Å². The molecule has 4 aromatic rings. The van der Waals surface area contributed by atoms with Crippen molar-refractivity contribution in [3.8, 4) is 0 Å². The van der Waals surface area contributed by atoms with Gasteiger partial charge in [0.25, 0.3) is 11.8 Å². The molecule has 0 aliphatic carbocycles. The second-order valence-corrected chi connectivity index (χ2v) is 8.75. The molecule has 2 amide bonds. The second-order valence-electron chi connectivity index (χ2n) is 7.31. The number of imide groups is 1. The van der Waals surface area contributed by atoms with Crippen molar-refractivity contribution < 1.29 is 19.1 Å². The third-order valence-corrected chi connectivity index (χ3v) is 6.79. The molecule has 160 valence electrons. The number of aryl methyl sites for hydroxylation is 1. The molecule has 0 bridgehead atoms. The Kier molecular flexibility index (Phi) is 5.03. The Morgan fingerprint density at radius 1 is 1.06 bits per heavy atom. The van der Waals surface area contributed by atoms with Gasteiger partial charge in [-0.15, -0.1) is 11.3 Å². The molecule has 0 radical (unpaired) electrons. The molecule has 0 fully saturated rings. The Labute approximate surface area is 191 Å². The predicted molar refractivity (Wildman–Crippen MR) is 120 cm³/mol. The summed E-state index contributed by atoms with van der Waals surface area (Å²) >= 11 is 7.52. The van der Waals surface area contributed by atoms with Crippen LogP contribution < -0.4 is 0 Å². The van der Waals surface area contributed by atoms with Gasteiger partial charge in [-0.05, 0) is 36.8 Å². The van der Waals surface area contributed by atoms with Gasteiger partial charge in [-0.1, -0.05) is 41.9 Å². The maximum Gasteiger partial charge on any atom is 0.350 e. The van der Waals surface area contributed by atoms with Crippen molar-refractivity contribution >= 4 is 50.9 Å². The average molecular weight is 466 g/mol. The number of fused-ring (bicyclic) bond motifs is 2. The Bertz CT molecular complexity index is 1370. The first-order valence-electron chi connectivity index (χ1n) is 9.76. The summed E-state index contributed by atoms with van der Waals surface area (Å²) < 4.78 is 7.11. The van der Waals surface area contributed by atoms with Crippen molar-refractivity contribution in [1.29, 1.82) is 0 Å². The van der Waals surface area contributed by atoms with Gasteiger partial charge in [-0.2, -0.15) is 5.10 Å². The van der Waals surface area contributed by atoms with Gasteiger partial charge >= 0.3 is 5.97 Å². The van der Waals surface area contributed by atoms with Gasteiger partial charge in [0.2, 0.25) is 0 Å². The quantitative estimate of drug-likeness (QED) is 0.320. The van der Waals surface area contributed by atoms with E-state index in [9.17, 15) is 14.4 Å². The number of thiophene rings is 1. The van der Waals surface area contributed by atoms with Crippen LogP contribution in [0.25, 0.3) is 10.2 Å². The van der Waals surface area contributed by atoms with Gasteiger partial charge in [-0.3, -0.25) is 14.3 Å². The van der Waals surface area contributed by atoms with E-state index in [1.807, 2.05) is 31.2 Å². The van der Waals surface area contributed by atoms with Gasteiger partial charge < -0.3 is 4.74 Å². The average Bonchev–Trinajstić information content (AvgIpc) is 3.42. The number of carbonyl (C=O) groups is 3. The van der Waals surface area contributed by atoms with E-state index in [0.717, 1.165) is 26.4 Å². The molecule has 0 unspecified atom stereocenters. The molecule has 0 spiro atoms. The topological polar surface area (TPSA) is 81.5 Å². The van der Waals surface area contributed by atoms with Gasteiger partial charge in [0.15, 0.2) is 6.73 Å². The SMILES string of the molecule is Cc1nn(Cc2ccccc2Cl)c2sc(C(=O)OCN3C(=O)c4ccccc4C3=O)cc12. The van der Waals surface area contributed by atoms with E-state index in [-0.39, 0.29) is 0 Å². The van der Waals surface area contributed by atoms with Gasteiger partial charge in [0, 0.05) is 10.4 Å². The number of carbonyl (C=O) groups excluding carboxylic acids is 3. The summed E-state index contributed by atoms with van der Waals surface area (Å²) in [6.45, 7) is 1.89. The van der Waals surface area contributed by atoms with Crippen LogP contribution in [-0.4, -0.2) is 39.2 Å². The van der Waals surface area contributed by atoms with Crippen LogP contribution in [0.15, 0.2) is 54.6 Å². The first kappa shape index (κ1) is 20.4. The minimum absolute atomic E-state index is 0.311. The summed E-state index contributed by atoms with van der Waals surface area (Å²) in [5, 5.41) is 6.04. The fraction of sp³-hybridized carbons (Fsp3) is 0.130. The lowest BCUT2D eigenvalue weighted by Crippen LogP contribution is -2.33. The highest BCUT2D eigenvalue weighted by Gasteiger charge is 2.36. The first-order valence-corrected chi connectivity index (χ1v) is 11.0. The largest absolute Gasteiger partial charge is 0.439 e. The predicted octanol–water partition coefficient (Wildman–Crippen LogP) is 4.52. The molecule has 32 heavy (non-hydrogen) atoms. The fourth-order valence-corrected chi connectivity index (χ4v) is 4.91. The zero-order valence-electron chi connectivity index (χ0n) is 16.9. The highest BCUT2D eigenvalue weighted by molar-refractivity contribution is 7.20. The van der Waals surface area contributed by atoms with Crippen LogP contribution in [0.4, 0.5) is 0 Å². The maximum atomic E-state index is 12.7. The number of halogens is 1. The molecule has 5 rings (SSSR count). The molecule has 1 aliphatic rings. The van der Waals surface area contributed by atoms with Crippen molar-refractivity contribution in [3.05, 3.63) is 86.9 Å². The van der Waals surface area contributed by atoms with E-state index < -0.39 is 24.5 Å². The Morgan fingerprint density at radius 3 is 2.41 bits per heavy atom. The zero-order valence-corrected chi connectivity index (χ0v) is 18.4. The first-order chi connectivity index (χ1) is 15.4. The molecule has 2 aromatic carbocycles. The lowest BCUT2D eigenvalue weighted by Gasteiger charge is -2.13. The Hall–Kier alpha value is -3.49. The molecular weight excluding hydrogens is 450 g/mol. The molecule has 0 atom stereocenters. The zero-order chi connectivity index (χ0) is 22.4. The summed E-state index contributed by atoms with van der Waals surface area (Å²) in [4.78, 5) is 39.7. The normalized spacial score (nSPS) is 13.1. The van der Waals surface area contributed by atoms with Gasteiger partial charge in [0.1, 0.15) is 9.71 Å². The number of ether oxygens (including phenoxy) is 1. The molecule has 3 heterocycles. The highest BCUT2D eigenvalue weighted by Crippen LogP contribution is 2.30. The molecule has 1 aliphatic heterocycles. The molecule has 0 N–H and O–H groups in total. The lowest BCUT2D eigenvalue weighted by molar-refractivity contribution is 0.0232. The summed E-state index contributed by atoms with van der Waals surface area (Å²) in [5.74, 6) is -1.55. The van der Waals surface area contributed by atoms with Crippen LogP contribution in [0, 0.1) is 6.92 Å². The smallest absolute Gasteiger partial charge is 0.350 e. The van der Waals surface area contributed by atoms with Crippen molar-refractivity contribution in [1.82, 2.24) is 14.7 Å². The van der Waals surface area contributed by atoms with E-state index >= 15 is 0 Å². The van der Waals surface area contributed by atoms with Crippen molar-refractivity contribution in [2.45, 2.75) is 13.5 Å². The summed E-state index contributed by atoms with van der Waals surface area (Å²) in [7, 11) is 0. The van der Waals surface area contributed by atoms with E-state index in [0.29, 0.717) is 27.6 Å². The number of benzene rings is 2. The lowest BCUT2D eigenvalue weighted by atomic mass is 10.1. The number of rotatable bonds is 5. The summed E-state index contributed by atoms with van der Waals surface area (Å²) in [6.07, 6.45) is 0. The number of hydrogen-bond acceptors (Lipinski definition) is 6. The maximum absolute atomic E-state index is 12.7. The van der Waals surface area contributed by atoms with Crippen LogP contribution in [-0.2, 0) is 11.3 Å². The van der Waals surface area contributed by atoms with E-state index in [1.54, 1.807) is 35.0 Å². The minimum Gasteiger partial charge on any atom is -0.439 e. The molecule has 0 saturated carbocycles. The molecular formula is C23H16ClN3O4S. The number of esters is 1. The van der Waals surface area contributed by atoms with Crippen molar-refractivity contribution in [3.63, 3.8) is 0 Å². The second kappa shape index (κ2) is 7.89. The van der Waals surface area contributed by atoms with Crippen molar-refractivity contribution in [2.24, 2.45) is 0 Å². The number of hydrogen-bond donors (Lipinski definition) is 0.